The smallest absolute Gasteiger partial charge is 0.478 e. The molecule has 0 fully saturated rings. The lowest BCUT2D eigenvalue weighted by atomic mass is 10.3. The zero-order valence-corrected chi connectivity index (χ0v) is 12.1. The van der Waals surface area contributed by atoms with E-state index in [1.54, 1.807) is 29.1 Å². The highest BCUT2D eigenvalue weighted by Gasteiger charge is 2.30. The highest BCUT2D eigenvalue weighted by molar-refractivity contribution is 5.86. The van der Waals surface area contributed by atoms with Crippen molar-refractivity contribution in [3.05, 3.63) is 66.7 Å². The minimum atomic E-state index is -4.64. The van der Waals surface area contributed by atoms with Crippen LogP contribution in [0.3, 0.4) is 0 Å². The number of ether oxygens (including phenoxy) is 1. The molecular weight excluding hydrogens is 327 g/mol. The zero-order chi connectivity index (χ0) is 17.6. The molecule has 0 aliphatic heterocycles. The van der Waals surface area contributed by atoms with Crippen LogP contribution in [0.1, 0.15) is 10.4 Å². The summed E-state index contributed by atoms with van der Waals surface area (Å²) < 4.78 is 41.2. The van der Waals surface area contributed by atoms with Gasteiger partial charge in [0.2, 0.25) is 0 Å². The van der Waals surface area contributed by atoms with Crippen molar-refractivity contribution in [3.8, 4) is 11.4 Å². The first-order valence-corrected chi connectivity index (χ1v) is 6.56. The van der Waals surface area contributed by atoms with Gasteiger partial charge in [-0.3, -0.25) is 5.10 Å². The summed E-state index contributed by atoms with van der Waals surface area (Å²) in [6, 6.07) is 9.34. The fraction of sp³-hybridized carbons (Fsp3) is 0.0667. The molecule has 3 rings (SSSR count). The summed E-state index contributed by atoms with van der Waals surface area (Å²) in [5.74, 6) is -1.18. The van der Waals surface area contributed by atoms with Crippen LogP contribution in [-0.2, 0) is 0 Å². The van der Waals surface area contributed by atoms with Gasteiger partial charge >= 0.3 is 12.3 Å². The predicted octanol–water partition coefficient (Wildman–Crippen LogP) is 3.48. The lowest BCUT2D eigenvalue weighted by Crippen LogP contribution is -2.17. The summed E-state index contributed by atoms with van der Waals surface area (Å²) in [6.45, 7) is 0. The number of aromatic amines is 1. The molecule has 0 amide bonds. The molecule has 2 heterocycles. The number of nitrogens with one attached hydrogen (secondary N) is 1. The van der Waals surface area contributed by atoms with E-state index >= 15 is 0 Å². The van der Waals surface area contributed by atoms with E-state index in [2.05, 4.69) is 14.9 Å². The van der Waals surface area contributed by atoms with Crippen LogP contribution >= 0.6 is 0 Å². The van der Waals surface area contributed by atoms with Crippen LogP contribution in [0.25, 0.3) is 5.69 Å². The first-order valence-electron chi connectivity index (χ1n) is 6.56. The third-order valence-electron chi connectivity index (χ3n) is 2.72. The van der Waals surface area contributed by atoms with Crippen molar-refractivity contribution < 1.29 is 27.8 Å². The lowest BCUT2D eigenvalue weighted by Gasteiger charge is -2.09. The SMILES string of the molecule is FC(F)(F)Oc1ccc(-n2cccc2)cc1.O=C(O)c1cn[nH]c1. The van der Waals surface area contributed by atoms with Crippen LogP contribution in [0.4, 0.5) is 13.2 Å². The number of hydrogen-bond acceptors (Lipinski definition) is 3. The normalized spacial score (nSPS) is 10.6. The minimum Gasteiger partial charge on any atom is -0.478 e. The van der Waals surface area contributed by atoms with Gasteiger partial charge in [-0.25, -0.2) is 4.79 Å². The molecule has 6 nitrogen and oxygen atoms in total. The van der Waals surface area contributed by atoms with Crippen molar-refractivity contribution in [2.24, 2.45) is 0 Å². The molecule has 2 N–H and O–H groups in total. The molecule has 0 saturated heterocycles. The van der Waals surface area contributed by atoms with E-state index in [0.29, 0.717) is 0 Å². The van der Waals surface area contributed by atoms with Crippen LogP contribution in [0.15, 0.2) is 61.2 Å². The Morgan fingerprint density at radius 2 is 1.79 bits per heavy atom. The van der Waals surface area contributed by atoms with E-state index in [1.165, 1.54) is 24.5 Å². The minimum absolute atomic E-state index is 0.185. The molecule has 0 bridgehead atoms. The quantitative estimate of drug-likeness (QED) is 0.765. The molecule has 2 aromatic heterocycles. The Labute approximate surface area is 134 Å². The molecule has 0 radical (unpaired) electrons. The molecule has 0 spiro atoms. The Hall–Kier alpha value is -3.23. The van der Waals surface area contributed by atoms with Crippen molar-refractivity contribution in [2.45, 2.75) is 6.36 Å². The second kappa shape index (κ2) is 7.36. The Bertz CT molecular complexity index is 752. The van der Waals surface area contributed by atoms with Gasteiger partial charge in [0.25, 0.3) is 0 Å². The molecule has 24 heavy (non-hydrogen) atoms. The van der Waals surface area contributed by atoms with Gasteiger partial charge < -0.3 is 14.4 Å². The van der Waals surface area contributed by atoms with Crippen molar-refractivity contribution in [3.63, 3.8) is 0 Å². The van der Waals surface area contributed by atoms with Crippen LogP contribution in [0.2, 0.25) is 0 Å². The van der Waals surface area contributed by atoms with Crippen molar-refractivity contribution >= 4 is 5.97 Å². The Morgan fingerprint density at radius 3 is 2.21 bits per heavy atom. The number of halogens is 3. The number of carboxylic acid groups (broad SMARTS) is 1. The highest BCUT2D eigenvalue weighted by Crippen LogP contribution is 2.23. The number of nitrogens with zero attached hydrogens (tertiary/aromatic N) is 2. The molecule has 0 aliphatic carbocycles. The van der Waals surface area contributed by atoms with Gasteiger partial charge in [-0.1, -0.05) is 0 Å². The van der Waals surface area contributed by atoms with E-state index in [-0.39, 0.29) is 11.3 Å². The van der Waals surface area contributed by atoms with E-state index in [9.17, 15) is 18.0 Å². The van der Waals surface area contributed by atoms with Crippen LogP contribution in [-0.4, -0.2) is 32.2 Å². The fourth-order valence-corrected chi connectivity index (χ4v) is 1.69. The number of aromatic carboxylic acids is 1. The highest BCUT2D eigenvalue weighted by atomic mass is 19.4. The number of carbonyl (C=O) groups is 1. The van der Waals surface area contributed by atoms with Gasteiger partial charge in [0.1, 0.15) is 5.75 Å². The maximum atomic E-state index is 11.9. The van der Waals surface area contributed by atoms with Gasteiger partial charge in [-0.15, -0.1) is 13.2 Å². The van der Waals surface area contributed by atoms with Crippen LogP contribution < -0.4 is 4.74 Å². The largest absolute Gasteiger partial charge is 0.573 e. The summed E-state index contributed by atoms with van der Waals surface area (Å²) in [5, 5.41) is 14.0. The molecule has 3 aromatic rings. The number of aromatic nitrogens is 3. The standard InChI is InChI=1S/C11H8F3NO.C4H4N2O2/c12-11(13,14)16-10-5-3-9(4-6-10)15-7-1-2-8-15;7-4(8)3-1-5-6-2-3/h1-8H;1-2H,(H,5,6)(H,7,8). The van der Waals surface area contributed by atoms with Crippen molar-refractivity contribution in [1.82, 2.24) is 14.8 Å². The zero-order valence-electron chi connectivity index (χ0n) is 12.1. The average molecular weight is 339 g/mol. The molecule has 0 atom stereocenters. The number of H-pyrrole nitrogens is 1. The van der Waals surface area contributed by atoms with Crippen LogP contribution in [0, 0.1) is 0 Å². The first-order chi connectivity index (χ1) is 11.3. The summed E-state index contributed by atoms with van der Waals surface area (Å²) in [7, 11) is 0. The predicted molar refractivity (Wildman–Crippen MR) is 78.0 cm³/mol. The van der Waals surface area contributed by atoms with Gasteiger partial charge in [0.05, 0.1) is 11.8 Å². The number of hydrogen-bond donors (Lipinski definition) is 2. The topological polar surface area (TPSA) is 80.1 Å². The lowest BCUT2D eigenvalue weighted by molar-refractivity contribution is -0.274. The third-order valence-corrected chi connectivity index (χ3v) is 2.72. The summed E-state index contributed by atoms with van der Waals surface area (Å²) in [5.41, 5.74) is 0.963. The Balaban J connectivity index is 0.000000219. The summed E-state index contributed by atoms with van der Waals surface area (Å²) in [4.78, 5) is 10.0. The Morgan fingerprint density at radius 1 is 1.17 bits per heavy atom. The van der Waals surface area contributed by atoms with Gasteiger partial charge in [0.15, 0.2) is 0 Å². The fourth-order valence-electron chi connectivity index (χ4n) is 1.69. The first kappa shape index (κ1) is 17.1. The maximum absolute atomic E-state index is 11.9. The second-order valence-corrected chi connectivity index (χ2v) is 4.42. The summed E-state index contributed by atoms with van der Waals surface area (Å²) in [6.07, 6.45) is 1.54. The number of carboxylic acids is 1. The van der Waals surface area contributed by atoms with Gasteiger partial charge in [-0.05, 0) is 36.4 Å². The molecule has 9 heteroatoms. The number of rotatable bonds is 3. The van der Waals surface area contributed by atoms with Gasteiger partial charge in [0, 0.05) is 24.3 Å². The third kappa shape index (κ3) is 5.20. The van der Waals surface area contributed by atoms with Gasteiger partial charge in [-0.2, -0.15) is 5.10 Å². The molecule has 126 valence electrons. The van der Waals surface area contributed by atoms with E-state index < -0.39 is 12.3 Å². The molecule has 0 aliphatic rings. The van der Waals surface area contributed by atoms with Crippen molar-refractivity contribution in [2.75, 3.05) is 0 Å². The molecular formula is C15H12F3N3O3. The monoisotopic (exact) mass is 339 g/mol. The Kier molecular flexibility index (Phi) is 5.25. The summed E-state index contributed by atoms with van der Waals surface area (Å²) >= 11 is 0. The second-order valence-electron chi connectivity index (χ2n) is 4.42. The van der Waals surface area contributed by atoms with Crippen LogP contribution in [0.5, 0.6) is 5.75 Å². The molecule has 1 aromatic carbocycles. The van der Waals surface area contributed by atoms with Crippen molar-refractivity contribution in [1.29, 1.82) is 0 Å². The van der Waals surface area contributed by atoms with E-state index in [4.69, 9.17) is 5.11 Å². The maximum Gasteiger partial charge on any atom is 0.573 e. The van der Waals surface area contributed by atoms with E-state index in [1.807, 2.05) is 12.1 Å². The van der Waals surface area contributed by atoms with E-state index in [0.717, 1.165) is 5.69 Å². The number of alkyl halides is 3. The molecule has 0 saturated carbocycles. The number of benzene rings is 1. The average Bonchev–Trinajstić information content (AvgIpc) is 3.21. The molecule has 0 unspecified atom stereocenters.